The van der Waals surface area contributed by atoms with Gasteiger partial charge in [-0.15, -0.1) is 11.3 Å². The van der Waals surface area contributed by atoms with E-state index >= 15 is 0 Å². The van der Waals surface area contributed by atoms with Crippen molar-refractivity contribution in [2.24, 2.45) is 11.8 Å². The van der Waals surface area contributed by atoms with E-state index in [2.05, 4.69) is 6.92 Å². The Bertz CT molecular complexity index is 358. The predicted molar refractivity (Wildman–Crippen MR) is 64.8 cm³/mol. The lowest BCUT2D eigenvalue weighted by Crippen LogP contribution is -2.25. The fraction of sp³-hybridized carbons (Fsp3) is 0.583. The Hall–Kier alpha value is -0.340. The second kappa shape index (κ2) is 4.67. The summed E-state index contributed by atoms with van der Waals surface area (Å²) in [6.45, 7) is 2.18. The zero-order valence-electron chi connectivity index (χ0n) is 8.83. The molecule has 15 heavy (non-hydrogen) atoms. The number of carbonyl (C=O) groups excluding carboxylic acids is 1. The lowest BCUT2D eigenvalue weighted by atomic mass is 9.77. The molecule has 1 heterocycles. The first-order chi connectivity index (χ1) is 7.20. The standard InChI is InChI=1S/C12H15ClOS/c1-8-4-2-3-5-9(8)11(14)10-6-7-15-12(10)13/h6-9H,2-5H2,1H3. The molecule has 2 atom stereocenters. The van der Waals surface area contributed by atoms with E-state index in [1.165, 1.54) is 30.6 Å². The zero-order valence-corrected chi connectivity index (χ0v) is 10.4. The van der Waals surface area contributed by atoms with Gasteiger partial charge in [0.1, 0.15) is 4.34 Å². The smallest absolute Gasteiger partial charge is 0.168 e. The number of halogens is 1. The molecule has 1 saturated carbocycles. The van der Waals surface area contributed by atoms with E-state index in [9.17, 15) is 4.79 Å². The fourth-order valence-corrected chi connectivity index (χ4v) is 3.30. The van der Waals surface area contributed by atoms with Crippen LogP contribution in [-0.2, 0) is 0 Å². The fourth-order valence-electron chi connectivity index (χ4n) is 2.38. The molecule has 1 aliphatic rings. The van der Waals surface area contributed by atoms with Crippen LogP contribution in [0.4, 0.5) is 0 Å². The Morgan fingerprint density at radius 3 is 2.80 bits per heavy atom. The van der Waals surface area contributed by atoms with Crippen molar-refractivity contribution < 1.29 is 4.79 Å². The predicted octanol–water partition coefficient (Wildman–Crippen LogP) is 4.41. The van der Waals surface area contributed by atoms with Gasteiger partial charge >= 0.3 is 0 Å². The summed E-state index contributed by atoms with van der Waals surface area (Å²) in [6.07, 6.45) is 4.66. The third-order valence-corrected chi connectivity index (χ3v) is 4.50. The Morgan fingerprint density at radius 2 is 2.20 bits per heavy atom. The van der Waals surface area contributed by atoms with Crippen LogP contribution in [0, 0.1) is 11.8 Å². The normalized spacial score (nSPS) is 26.5. The molecule has 82 valence electrons. The van der Waals surface area contributed by atoms with Crippen molar-refractivity contribution in [1.29, 1.82) is 0 Å². The molecule has 0 spiro atoms. The number of thiophene rings is 1. The first-order valence-corrected chi connectivity index (χ1v) is 6.73. The van der Waals surface area contributed by atoms with Gasteiger partial charge in [0.2, 0.25) is 0 Å². The summed E-state index contributed by atoms with van der Waals surface area (Å²) in [5.41, 5.74) is 0.736. The minimum absolute atomic E-state index is 0.200. The summed E-state index contributed by atoms with van der Waals surface area (Å²) in [5.74, 6) is 0.974. The average Bonchev–Trinajstić information content (AvgIpc) is 2.64. The molecule has 1 aromatic heterocycles. The molecule has 0 amide bonds. The largest absolute Gasteiger partial charge is 0.294 e. The molecule has 0 aromatic carbocycles. The molecule has 0 radical (unpaired) electrons. The maximum Gasteiger partial charge on any atom is 0.168 e. The highest BCUT2D eigenvalue weighted by Crippen LogP contribution is 2.34. The lowest BCUT2D eigenvalue weighted by Gasteiger charge is -2.27. The summed E-state index contributed by atoms with van der Waals surface area (Å²) in [7, 11) is 0. The molecule has 0 N–H and O–H groups in total. The summed E-state index contributed by atoms with van der Waals surface area (Å²) in [5, 5.41) is 1.89. The van der Waals surface area contributed by atoms with Crippen LogP contribution in [0.3, 0.4) is 0 Å². The van der Waals surface area contributed by atoms with Crippen LogP contribution in [0.2, 0.25) is 4.34 Å². The van der Waals surface area contributed by atoms with Gasteiger partial charge in [0.25, 0.3) is 0 Å². The van der Waals surface area contributed by atoms with E-state index in [4.69, 9.17) is 11.6 Å². The molecule has 1 nitrogen and oxygen atoms in total. The summed E-state index contributed by atoms with van der Waals surface area (Å²) < 4.78 is 0.651. The Labute approximate surface area is 99.5 Å². The van der Waals surface area contributed by atoms with Crippen LogP contribution in [0.5, 0.6) is 0 Å². The van der Waals surface area contributed by atoms with Gasteiger partial charge in [-0.25, -0.2) is 0 Å². The Kier molecular flexibility index (Phi) is 3.47. The van der Waals surface area contributed by atoms with Crippen LogP contribution in [0.1, 0.15) is 43.0 Å². The highest BCUT2D eigenvalue weighted by atomic mass is 35.5. The third-order valence-electron chi connectivity index (χ3n) is 3.33. The molecule has 2 rings (SSSR count). The summed E-state index contributed by atoms with van der Waals surface area (Å²) in [6, 6.07) is 1.86. The van der Waals surface area contributed by atoms with Crippen molar-refractivity contribution in [1.82, 2.24) is 0 Å². The van der Waals surface area contributed by atoms with Crippen LogP contribution in [0.15, 0.2) is 11.4 Å². The third kappa shape index (κ3) is 2.26. The molecular weight excluding hydrogens is 228 g/mol. The van der Waals surface area contributed by atoms with Gasteiger partial charge in [-0.2, -0.15) is 0 Å². The molecule has 0 saturated heterocycles. The van der Waals surface area contributed by atoms with Crippen LogP contribution in [-0.4, -0.2) is 5.78 Å². The van der Waals surface area contributed by atoms with Gasteiger partial charge in [0, 0.05) is 11.5 Å². The van der Waals surface area contributed by atoms with E-state index in [1.54, 1.807) is 0 Å². The van der Waals surface area contributed by atoms with Crippen molar-refractivity contribution in [3.8, 4) is 0 Å². The number of hydrogen-bond donors (Lipinski definition) is 0. The van der Waals surface area contributed by atoms with Crippen molar-refractivity contribution >= 4 is 28.7 Å². The number of Topliss-reactive ketones (excluding diaryl/α,β-unsaturated/α-hetero) is 1. The molecule has 1 aliphatic carbocycles. The van der Waals surface area contributed by atoms with E-state index in [-0.39, 0.29) is 11.7 Å². The van der Waals surface area contributed by atoms with Gasteiger partial charge in [0.15, 0.2) is 5.78 Å². The molecule has 0 aliphatic heterocycles. The molecular formula is C12H15ClOS. The van der Waals surface area contributed by atoms with Crippen LogP contribution >= 0.6 is 22.9 Å². The SMILES string of the molecule is CC1CCCCC1C(=O)c1ccsc1Cl. The number of rotatable bonds is 2. The highest BCUT2D eigenvalue weighted by Gasteiger charge is 2.29. The Morgan fingerprint density at radius 1 is 1.47 bits per heavy atom. The highest BCUT2D eigenvalue weighted by molar-refractivity contribution is 7.14. The monoisotopic (exact) mass is 242 g/mol. The van der Waals surface area contributed by atoms with E-state index in [0.29, 0.717) is 10.3 Å². The Balaban J connectivity index is 2.17. The number of ketones is 1. The second-order valence-electron chi connectivity index (χ2n) is 4.34. The van der Waals surface area contributed by atoms with Crippen molar-refractivity contribution in [3.63, 3.8) is 0 Å². The van der Waals surface area contributed by atoms with E-state index < -0.39 is 0 Å². The summed E-state index contributed by atoms with van der Waals surface area (Å²) in [4.78, 5) is 12.2. The maximum absolute atomic E-state index is 12.2. The molecule has 2 unspecified atom stereocenters. The average molecular weight is 243 g/mol. The molecule has 0 bridgehead atoms. The van der Waals surface area contributed by atoms with Crippen molar-refractivity contribution in [2.75, 3.05) is 0 Å². The topological polar surface area (TPSA) is 17.1 Å². The van der Waals surface area contributed by atoms with Crippen LogP contribution < -0.4 is 0 Å². The summed E-state index contributed by atoms with van der Waals surface area (Å²) >= 11 is 7.44. The quantitative estimate of drug-likeness (QED) is 0.702. The molecule has 3 heteroatoms. The van der Waals surface area contributed by atoms with Gasteiger partial charge in [0.05, 0.1) is 0 Å². The second-order valence-corrected chi connectivity index (χ2v) is 5.86. The van der Waals surface area contributed by atoms with Gasteiger partial charge < -0.3 is 0 Å². The van der Waals surface area contributed by atoms with Gasteiger partial charge in [-0.1, -0.05) is 37.8 Å². The first kappa shape index (κ1) is 11.2. The lowest BCUT2D eigenvalue weighted by molar-refractivity contribution is 0.0838. The van der Waals surface area contributed by atoms with Crippen molar-refractivity contribution in [3.05, 3.63) is 21.3 Å². The van der Waals surface area contributed by atoms with E-state index in [0.717, 1.165) is 12.0 Å². The minimum atomic E-state index is 0.200. The number of carbonyl (C=O) groups is 1. The van der Waals surface area contributed by atoms with Gasteiger partial charge in [-0.3, -0.25) is 4.79 Å². The van der Waals surface area contributed by atoms with E-state index in [1.807, 2.05) is 11.4 Å². The zero-order chi connectivity index (χ0) is 10.8. The molecule has 1 aromatic rings. The number of hydrogen-bond acceptors (Lipinski definition) is 2. The minimum Gasteiger partial charge on any atom is -0.294 e. The molecule has 1 fully saturated rings. The van der Waals surface area contributed by atoms with Crippen molar-refractivity contribution in [2.45, 2.75) is 32.6 Å². The maximum atomic E-state index is 12.2. The van der Waals surface area contributed by atoms with Gasteiger partial charge in [-0.05, 0) is 23.8 Å². The van der Waals surface area contributed by atoms with Crippen LogP contribution in [0.25, 0.3) is 0 Å². The first-order valence-electron chi connectivity index (χ1n) is 5.47.